The second kappa shape index (κ2) is 9.91. The molecular weight excluding hydrogens is 429 g/mol. The fraction of sp³-hybridized carbons (Fsp3) is 0.200. The van der Waals surface area contributed by atoms with E-state index in [0.717, 1.165) is 17.0 Å². The summed E-state index contributed by atoms with van der Waals surface area (Å²) in [7, 11) is 0. The summed E-state index contributed by atoms with van der Waals surface area (Å²) in [6.45, 7) is 4.76. The maximum absolute atomic E-state index is 12.1. The molecule has 3 aromatic rings. The fourth-order valence-electron chi connectivity index (χ4n) is 2.53. The van der Waals surface area contributed by atoms with Gasteiger partial charge in [-0.25, -0.2) is 5.43 Å². The van der Waals surface area contributed by atoms with Crippen LogP contribution in [-0.2, 0) is 11.3 Å². The first-order valence-electron chi connectivity index (χ1n) is 8.88. The molecule has 9 heteroatoms. The molecule has 0 fully saturated rings. The molecule has 3 rings (SSSR count). The Bertz CT molecular complexity index is 1030. The predicted molar refractivity (Wildman–Crippen MR) is 119 cm³/mol. The summed E-state index contributed by atoms with van der Waals surface area (Å²) in [5.41, 5.74) is 5.41. The van der Waals surface area contributed by atoms with Gasteiger partial charge in [0.1, 0.15) is 0 Å². The first-order chi connectivity index (χ1) is 14.0. The standard InChI is InChI=1S/C20H19Cl2N5OS/c1-3-27-19(15-7-4-13(2)5-8-15)25-26-20(27)29-12-18(28)24-23-11-14-6-9-16(21)17(22)10-14/h4-11H,3,12H2,1-2H3,(H,24,28)/b23-11-. The summed E-state index contributed by atoms with van der Waals surface area (Å²) in [6.07, 6.45) is 1.51. The van der Waals surface area contributed by atoms with Crippen LogP contribution in [0, 0.1) is 6.92 Å². The summed E-state index contributed by atoms with van der Waals surface area (Å²) in [5.74, 6) is 0.715. The Morgan fingerprint density at radius 3 is 2.62 bits per heavy atom. The number of hydrogen-bond donors (Lipinski definition) is 1. The third kappa shape index (κ3) is 5.59. The predicted octanol–water partition coefficient (Wildman–Crippen LogP) is 4.82. The number of carbonyl (C=O) groups excluding carboxylic acids is 1. The minimum absolute atomic E-state index is 0.171. The van der Waals surface area contributed by atoms with Crippen molar-refractivity contribution in [3.8, 4) is 11.4 Å². The molecule has 1 aromatic heterocycles. The minimum Gasteiger partial charge on any atom is -0.302 e. The number of hydrazone groups is 1. The number of amides is 1. The number of aromatic nitrogens is 3. The lowest BCUT2D eigenvalue weighted by molar-refractivity contribution is -0.118. The van der Waals surface area contributed by atoms with Crippen molar-refractivity contribution in [3.63, 3.8) is 0 Å². The molecule has 6 nitrogen and oxygen atoms in total. The highest BCUT2D eigenvalue weighted by Gasteiger charge is 2.14. The van der Waals surface area contributed by atoms with Gasteiger partial charge >= 0.3 is 0 Å². The molecule has 0 aliphatic carbocycles. The van der Waals surface area contributed by atoms with Crippen molar-refractivity contribution >= 4 is 47.1 Å². The molecule has 1 amide bonds. The van der Waals surface area contributed by atoms with Gasteiger partial charge in [0, 0.05) is 12.1 Å². The van der Waals surface area contributed by atoms with Gasteiger partial charge in [-0.3, -0.25) is 4.79 Å². The molecule has 0 aliphatic rings. The van der Waals surface area contributed by atoms with Crippen LogP contribution in [0.25, 0.3) is 11.4 Å². The lowest BCUT2D eigenvalue weighted by Crippen LogP contribution is -2.20. The SMILES string of the molecule is CCn1c(SCC(=O)N/N=C\c2ccc(Cl)c(Cl)c2)nnc1-c1ccc(C)cc1. The van der Waals surface area contributed by atoms with Crippen LogP contribution in [0.15, 0.2) is 52.7 Å². The van der Waals surface area contributed by atoms with Crippen molar-refractivity contribution < 1.29 is 4.79 Å². The van der Waals surface area contributed by atoms with E-state index in [2.05, 4.69) is 20.7 Å². The van der Waals surface area contributed by atoms with Crippen LogP contribution in [-0.4, -0.2) is 32.6 Å². The van der Waals surface area contributed by atoms with Crippen molar-refractivity contribution in [1.82, 2.24) is 20.2 Å². The number of halogens is 2. The highest BCUT2D eigenvalue weighted by molar-refractivity contribution is 7.99. The largest absolute Gasteiger partial charge is 0.302 e. The zero-order valence-electron chi connectivity index (χ0n) is 15.9. The van der Waals surface area contributed by atoms with Gasteiger partial charge < -0.3 is 4.57 Å². The van der Waals surface area contributed by atoms with Crippen LogP contribution in [0.3, 0.4) is 0 Å². The van der Waals surface area contributed by atoms with Crippen molar-refractivity contribution in [3.05, 3.63) is 63.6 Å². The zero-order valence-corrected chi connectivity index (χ0v) is 18.2. The summed E-state index contributed by atoms with van der Waals surface area (Å²) in [4.78, 5) is 12.1. The molecule has 0 bridgehead atoms. The van der Waals surface area contributed by atoms with Crippen LogP contribution in [0.2, 0.25) is 10.0 Å². The lowest BCUT2D eigenvalue weighted by Gasteiger charge is -2.07. The summed E-state index contributed by atoms with van der Waals surface area (Å²) in [6, 6.07) is 13.2. The molecule has 29 heavy (non-hydrogen) atoms. The van der Waals surface area contributed by atoms with Gasteiger partial charge in [0.05, 0.1) is 22.0 Å². The molecule has 1 heterocycles. The molecule has 150 valence electrons. The van der Waals surface area contributed by atoms with E-state index in [0.29, 0.717) is 21.7 Å². The van der Waals surface area contributed by atoms with Gasteiger partial charge in [-0.15, -0.1) is 10.2 Å². The highest BCUT2D eigenvalue weighted by atomic mass is 35.5. The number of rotatable bonds is 7. The first kappa shape index (κ1) is 21.4. The monoisotopic (exact) mass is 447 g/mol. The number of carbonyl (C=O) groups is 1. The molecular formula is C20H19Cl2N5OS. The van der Waals surface area contributed by atoms with Crippen LogP contribution in [0.5, 0.6) is 0 Å². The average Bonchev–Trinajstić information content (AvgIpc) is 3.12. The Labute approximate surface area is 183 Å². The van der Waals surface area contributed by atoms with E-state index in [1.165, 1.54) is 23.5 Å². The van der Waals surface area contributed by atoms with E-state index < -0.39 is 0 Å². The van der Waals surface area contributed by atoms with Crippen LogP contribution in [0.1, 0.15) is 18.1 Å². The van der Waals surface area contributed by atoms with Crippen LogP contribution >= 0.6 is 35.0 Å². The quantitative estimate of drug-likeness (QED) is 0.320. The minimum atomic E-state index is -0.242. The summed E-state index contributed by atoms with van der Waals surface area (Å²) < 4.78 is 1.99. The second-order valence-corrected chi connectivity index (χ2v) is 7.93. The molecule has 0 atom stereocenters. The lowest BCUT2D eigenvalue weighted by atomic mass is 10.1. The van der Waals surface area contributed by atoms with E-state index in [1.54, 1.807) is 18.2 Å². The third-order valence-corrected chi connectivity index (χ3v) is 5.73. The van der Waals surface area contributed by atoms with Gasteiger partial charge in [0.25, 0.3) is 5.91 Å². The van der Waals surface area contributed by atoms with Crippen molar-refractivity contribution in [1.29, 1.82) is 0 Å². The maximum atomic E-state index is 12.1. The van der Waals surface area contributed by atoms with Crippen molar-refractivity contribution in [2.24, 2.45) is 5.10 Å². The van der Waals surface area contributed by atoms with E-state index >= 15 is 0 Å². The smallest absolute Gasteiger partial charge is 0.250 e. The summed E-state index contributed by atoms with van der Waals surface area (Å²) >= 11 is 13.1. The normalized spacial score (nSPS) is 11.2. The number of nitrogens with one attached hydrogen (secondary N) is 1. The average molecular weight is 448 g/mol. The van der Waals surface area contributed by atoms with Gasteiger partial charge in [-0.2, -0.15) is 5.10 Å². The van der Waals surface area contributed by atoms with E-state index in [-0.39, 0.29) is 11.7 Å². The molecule has 0 radical (unpaired) electrons. The number of thioether (sulfide) groups is 1. The Kier molecular flexibility index (Phi) is 7.30. The molecule has 2 aromatic carbocycles. The zero-order chi connectivity index (χ0) is 20.8. The maximum Gasteiger partial charge on any atom is 0.250 e. The number of aryl methyl sites for hydroxylation is 1. The van der Waals surface area contributed by atoms with Gasteiger partial charge in [-0.05, 0) is 31.5 Å². The van der Waals surface area contributed by atoms with Crippen LogP contribution < -0.4 is 5.43 Å². The van der Waals surface area contributed by atoms with Gasteiger partial charge in [0.2, 0.25) is 0 Å². The first-order valence-corrected chi connectivity index (χ1v) is 10.6. The second-order valence-electron chi connectivity index (χ2n) is 6.17. The van der Waals surface area contributed by atoms with E-state index in [9.17, 15) is 4.79 Å². The number of hydrogen-bond acceptors (Lipinski definition) is 5. The Morgan fingerprint density at radius 2 is 1.93 bits per heavy atom. The van der Waals surface area contributed by atoms with Crippen molar-refractivity contribution in [2.45, 2.75) is 25.5 Å². The molecule has 0 saturated heterocycles. The topological polar surface area (TPSA) is 72.2 Å². The third-order valence-electron chi connectivity index (χ3n) is 4.02. The fourth-order valence-corrected chi connectivity index (χ4v) is 3.63. The molecule has 0 aliphatic heterocycles. The molecule has 0 saturated carbocycles. The number of benzene rings is 2. The Morgan fingerprint density at radius 1 is 1.17 bits per heavy atom. The Balaban J connectivity index is 1.59. The van der Waals surface area contributed by atoms with Gasteiger partial charge in [-0.1, -0.05) is 70.9 Å². The molecule has 0 unspecified atom stereocenters. The molecule has 1 N–H and O–H groups in total. The highest BCUT2D eigenvalue weighted by Crippen LogP contribution is 2.24. The van der Waals surface area contributed by atoms with E-state index in [1.807, 2.05) is 42.7 Å². The van der Waals surface area contributed by atoms with E-state index in [4.69, 9.17) is 23.2 Å². The molecule has 0 spiro atoms. The van der Waals surface area contributed by atoms with Crippen LogP contribution in [0.4, 0.5) is 0 Å². The Hall–Kier alpha value is -2.35. The van der Waals surface area contributed by atoms with Gasteiger partial charge in [0.15, 0.2) is 11.0 Å². The summed E-state index contributed by atoms with van der Waals surface area (Å²) in [5, 5.41) is 14.1. The number of nitrogens with zero attached hydrogens (tertiary/aromatic N) is 4. The van der Waals surface area contributed by atoms with Crippen molar-refractivity contribution in [2.75, 3.05) is 5.75 Å².